The van der Waals surface area contributed by atoms with Crippen LogP contribution >= 0.6 is 11.6 Å². The van der Waals surface area contributed by atoms with Crippen LogP contribution in [0.3, 0.4) is 0 Å². The minimum atomic E-state index is -0.535. The van der Waals surface area contributed by atoms with Crippen LogP contribution in [0.25, 0.3) is 10.9 Å². The Balaban J connectivity index is 1.93. The number of halogens is 1. The number of anilines is 1. The molecular weight excluding hydrogens is 366 g/mol. The van der Waals surface area contributed by atoms with E-state index in [9.17, 15) is 9.59 Å². The Kier molecular flexibility index (Phi) is 5.78. The Bertz CT molecular complexity index is 967. The SMILES string of the molecule is CN(C)CCOC(=O)c1[nH]c2cc(Cl)ccc2c1NC(=O)c1ccccc1. The highest BCUT2D eigenvalue weighted by molar-refractivity contribution is 6.31. The molecule has 2 N–H and O–H groups in total. The van der Waals surface area contributed by atoms with Gasteiger partial charge in [0.05, 0.1) is 5.69 Å². The van der Waals surface area contributed by atoms with Crippen LogP contribution in [0.5, 0.6) is 0 Å². The summed E-state index contributed by atoms with van der Waals surface area (Å²) in [5.41, 5.74) is 1.71. The number of rotatable bonds is 6. The molecule has 0 spiro atoms. The number of fused-ring (bicyclic) bond motifs is 1. The van der Waals surface area contributed by atoms with E-state index in [4.69, 9.17) is 16.3 Å². The van der Waals surface area contributed by atoms with Crippen LogP contribution in [0.15, 0.2) is 48.5 Å². The van der Waals surface area contributed by atoms with Crippen LogP contribution in [0, 0.1) is 0 Å². The van der Waals surface area contributed by atoms with Gasteiger partial charge >= 0.3 is 5.97 Å². The Labute approximate surface area is 162 Å². The number of benzene rings is 2. The topological polar surface area (TPSA) is 74.4 Å². The molecule has 6 nitrogen and oxygen atoms in total. The van der Waals surface area contributed by atoms with E-state index in [-0.39, 0.29) is 18.2 Å². The minimum Gasteiger partial charge on any atom is -0.460 e. The summed E-state index contributed by atoms with van der Waals surface area (Å²) in [4.78, 5) is 30.1. The van der Waals surface area contributed by atoms with E-state index in [1.807, 2.05) is 25.1 Å². The third-order valence-electron chi connectivity index (χ3n) is 4.01. The van der Waals surface area contributed by atoms with E-state index in [1.54, 1.807) is 42.5 Å². The smallest absolute Gasteiger partial charge is 0.357 e. The molecule has 7 heteroatoms. The van der Waals surface area contributed by atoms with Crippen molar-refractivity contribution in [3.63, 3.8) is 0 Å². The van der Waals surface area contributed by atoms with Crippen molar-refractivity contribution in [2.24, 2.45) is 0 Å². The van der Waals surface area contributed by atoms with Crippen molar-refractivity contribution in [1.29, 1.82) is 0 Å². The molecule has 0 radical (unpaired) electrons. The van der Waals surface area contributed by atoms with Crippen molar-refractivity contribution in [3.05, 3.63) is 64.8 Å². The summed E-state index contributed by atoms with van der Waals surface area (Å²) in [6, 6.07) is 14.0. The second kappa shape index (κ2) is 8.24. The summed E-state index contributed by atoms with van der Waals surface area (Å²) < 4.78 is 5.33. The Morgan fingerprint density at radius 1 is 1.15 bits per heavy atom. The number of aromatic amines is 1. The van der Waals surface area contributed by atoms with Gasteiger partial charge in [-0.05, 0) is 44.4 Å². The lowest BCUT2D eigenvalue weighted by atomic mass is 10.2. The van der Waals surface area contributed by atoms with Crippen LogP contribution in [-0.2, 0) is 4.74 Å². The highest BCUT2D eigenvalue weighted by atomic mass is 35.5. The standard InChI is InChI=1S/C20H20ClN3O3/c1-24(2)10-11-27-20(26)18-17(15-9-8-14(21)12-16(15)22-18)23-19(25)13-6-4-3-5-7-13/h3-9,12,22H,10-11H2,1-2H3,(H,23,25). The highest BCUT2D eigenvalue weighted by Gasteiger charge is 2.21. The molecule has 0 saturated heterocycles. The van der Waals surface area contributed by atoms with Crippen molar-refractivity contribution in [2.75, 3.05) is 32.6 Å². The maximum absolute atomic E-state index is 12.6. The predicted octanol–water partition coefficient (Wildman–Crippen LogP) is 3.79. The van der Waals surface area contributed by atoms with Gasteiger partial charge in [0.2, 0.25) is 0 Å². The zero-order chi connectivity index (χ0) is 19.4. The first-order valence-corrected chi connectivity index (χ1v) is 8.83. The number of amides is 1. The zero-order valence-corrected chi connectivity index (χ0v) is 15.8. The molecule has 0 saturated carbocycles. The number of likely N-dealkylation sites (N-methyl/N-ethyl adjacent to an activating group) is 1. The second-order valence-corrected chi connectivity index (χ2v) is 6.76. The molecule has 3 aromatic rings. The van der Waals surface area contributed by atoms with Crippen molar-refractivity contribution in [3.8, 4) is 0 Å². The van der Waals surface area contributed by atoms with Crippen LogP contribution in [-0.4, -0.2) is 49.0 Å². The van der Waals surface area contributed by atoms with E-state index in [2.05, 4.69) is 10.3 Å². The summed E-state index contributed by atoms with van der Waals surface area (Å²) in [7, 11) is 3.79. The number of ether oxygens (including phenoxy) is 1. The molecule has 0 bridgehead atoms. The molecule has 0 aliphatic carbocycles. The fraction of sp³-hybridized carbons (Fsp3) is 0.200. The molecule has 0 unspecified atom stereocenters. The van der Waals surface area contributed by atoms with E-state index in [0.29, 0.717) is 33.7 Å². The number of carbonyl (C=O) groups excluding carboxylic acids is 2. The number of carbonyl (C=O) groups is 2. The van der Waals surface area contributed by atoms with Crippen LogP contribution in [0.1, 0.15) is 20.8 Å². The Morgan fingerprint density at radius 2 is 1.89 bits per heavy atom. The summed E-state index contributed by atoms with van der Waals surface area (Å²) in [5.74, 6) is -0.846. The van der Waals surface area contributed by atoms with Crippen LogP contribution in [0.4, 0.5) is 5.69 Å². The van der Waals surface area contributed by atoms with Gasteiger partial charge in [-0.15, -0.1) is 0 Å². The van der Waals surface area contributed by atoms with Crippen molar-refractivity contribution >= 4 is 40.1 Å². The lowest BCUT2D eigenvalue weighted by molar-refractivity contribution is 0.0477. The fourth-order valence-electron chi connectivity index (χ4n) is 2.62. The van der Waals surface area contributed by atoms with E-state index in [0.717, 1.165) is 0 Å². The van der Waals surface area contributed by atoms with E-state index in [1.165, 1.54) is 0 Å². The average molecular weight is 386 g/mol. The molecule has 0 atom stereocenters. The molecule has 0 aliphatic rings. The molecule has 1 heterocycles. The Morgan fingerprint density at radius 3 is 2.59 bits per heavy atom. The first kappa shape index (κ1) is 18.9. The van der Waals surface area contributed by atoms with Gasteiger partial charge in [0, 0.05) is 28.0 Å². The number of aromatic nitrogens is 1. The van der Waals surface area contributed by atoms with Gasteiger partial charge in [-0.2, -0.15) is 0 Å². The van der Waals surface area contributed by atoms with Gasteiger partial charge in [-0.3, -0.25) is 4.79 Å². The van der Waals surface area contributed by atoms with Crippen LogP contribution < -0.4 is 5.32 Å². The quantitative estimate of drug-likeness (QED) is 0.633. The lowest BCUT2D eigenvalue weighted by Crippen LogP contribution is -2.21. The molecule has 0 aliphatic heterocycles. The lowest BCUT2D eigenvalue weighted by Gasteiger charge is -2.11. The third kappa shape index (κ3) is 4.48. The van der Waals surface area contributed by atoms with Gasteiger partial charge in [0.1, 0.15) is 12.3 Å². The van der Waals surface area contributed by atoms with Crippen molar-refractivity contribution < 1.29 is 14.3 Å². The van der Waals surface area contributed by atoms with Gasteiger partial charge in [-0.1, -0.05) is 29.8 Å². The second-order valence-electron chi connectivity index (χ2n) is 6.32. The zero-order valence-electron chi connectivity index (χ0n) is 15.1. The Hall–Kier alpha value is -2.83. The van der Waals surface area contributed by atoms with Crippen molar-refractivity contribution in [2.45, 2.75) is 0 Å². The number of esters is 1. The van der Waals surface area contributed by atoms with Gasteiger partial charge in [0.15, 0.2) is 0 Å². The first-order chi connectivity index (χ1) is 13.0. The predicted molar refractivity (Wildman–Crippen MR) is 107 cm³/mol. The normalized spacial score (nSPS) is 11.0. The summed E-state index contributed by atoms with van der Waals surface area (Å²) >= 11 is 6.05. The number of nitrogens with zero attached hydrogens (tertiary/aromatic N) is 1. The fourth-order valence-corrected chi connectivity index (χ4v) is 2.79. The average Bonchev–Trinajstić information content (AvgIpc) is 2.99. The van der Waals surface area contributed by atoms with Gasteiger partial charge in [0.25, 0.3) is 5.91 Å². The maximum Gasteiger partial charge on any atom is 0.357 e. The summed E-state index contributed by atoms with van der Waals surface area (Å²) in [5, 5.41) is 4.03. The van der Waals surface area contributed by atoms with Crippen LogP contribution in [0.2, 0.25) is 5.02 Å². The number of hydrogen-bond acceptors (Lipinski definition) is 4. The molecule has 1 aromatic heterocycles. The highest BCUT2D eigenvalue weighted by Crippen LogP contribution is 2.30. The van der Waals surface area contributed by atoms with Gasteiger partial charge in [-0.25, -0.2) is 4.79 Å². The third-order valence-corrected chi connectivity index (χ3v) is 4.25. The maximum atomic E-state index is 12.6. The van der Waals surface area contributed by atoms with Gasteiger partial charge < -0.3 is 19.9 Å². The molecule has 140 valence electrons. The largest absolute Gasteiger partial charge is 0.460 e. The molecule has 2 aromatic carbocycles. The van der Waals surface area contributed by atoms with E-state index >= 15 is 0 Å². The first-order valence-electron chi connectivity index (χ1n) is 8.45. The summed E-state index contributed by atoms with van der Waals surface area (Å²) in [6.45, 7) is 0.845. The molecule has 3 rings (SSSR count). The summed E-state index contributed by atoms with van der Waals surface area (Å²) in [6.07, 6.45) is 0. The number of nitrogens with one attached hydrogen (secondary N) is 2. The molecular formula is C20H20ClN3O3. The molecule has 0 fully saturated rings. The minimum absolute atomic E-state index is 0.190. The van der Waals surface area contributed by atoms with E-state index < -0.39 is 5.97 Å². The number of hydrogen-bond donors (Lipinski definition) is 2. The van der Waals surface area contributed by atoms with Crippen molar-refractivity contribution in [1.82, 2.24) is 9.88 Å². The molecule has 1 amide bonds. The monoisotopic (exact) mass is 385 g/mol. The number of H-pyrrole nitrogens is 1. The molecule has 27 heavy (non-hydrogen) atoms.